The van der Waals surface area contributed by atoms with Crippen LogP contribution in [0.1, 0.15) is 59.2 Å². The van der Waals surface area contributed by atoms with E-state index in [0.29, 0.717) is 33.0 Å². The lowest BCUT2D eigenvalue weighted by Crippen LogP contribution is -2.06. The molecule has 0 heterocycles. The Morgan fingerprint density at radius 1 is 0.806 bits per heavy atom. The average Bonchev–Trinajstić information content (AvgIpc) is 3.57. The summed E-state index contributed by atoms with van der Waals surface area (Å²) in [5.41, 5.74) is -0.317. The summed E-state index contributed by atoms with van der Waals surface area (Å²) >= 11 is 6.14. The molecule has 166 valence electrons. The Bertz CT molecular complexity index is 979. The Balaban J connectivity index is 0.000000176. The van der Waals surface area contributed by atoms with Crippen LogP contribution in [0.5, 0.6) is 5.75 Å². The van der Waals surface area contributed by atoms with Gasteiger partial charge in [0.05, 0.1) is 18.2 Å². The second-order valence-corrected chi connectivity index (χ2v) is 9.68. The molecule has 31 heavy (non-hydrogen) atoms. The van der Waals surface area contributed by atoms with Crippen molar-refractivity contribution in [2.45, 2.75) is 38.5 Å². The van der Waals surface area contributed by atoms with Gasteiger partial charge in [-0.05, 0) is 61.8 Å². The predicted molar refractivity (Wildman–Crippen MR) is 118 cm³/mol. The Morgan fingerprint density at radius 3 is 1.61 bits per heavy atom. The van der Waals surface area contributed by atoms with Crippen molar-refractivity contribution in [3.05, 3.63) is 61.8 Å². The summed E-state index contributed by atoms with van der Waals surface area (Å²) in [4.78, 5) is 23.4. The van der Waals surface area contributed by atoms with E-state index < -0.39 is 28.8 Å². The first-order valence-corrected chi connectivity index (χ1v) is 11.5. The van der Waals surface area contributed by atoms with Crippen LogP contribution in [-0.4, -0.2) is 18.7 Å². The van der Waals surface area contributed by atoms with Crippen molar-refractivity contribution in [3.63, 3.8) is 0 Å². The maximum atomic E-state index is 13.7. The van der Waals surface area contributed by atoms with Gasteiger partial charge >= 0.3 is 0 Å². The number of halogens is 5. The van der Waals surface area contributed by atoms with Crippen LogP contribution in [0.4, 0.5) is 13.2 Å². The number of hydrogen-bond acceptors (Lipinski definition) is 3. The number of ether oxygens (including phenoxy) is 1. The van der Waals surface area contributed by atoms with Crippen molar-refractivity contribution in [1.29, 1.82) is 0 Å². The summed E-state index contributed by atoms with van der Waals surface area (Å²) in [5.74, 6) is -1.60. The smallest absolute Gasteiger partial charge is 0.169 e. The second kappa shape index (κ2) is 10.3. The summed E-state index contributed by atoms with van der Waals surface area (Å²) in [5, 5.41) is 0. The van der Waals surface area contributed by atoms with E-state index in [1.807, 2.05) is 0 Å². The molecule has 0 aliphatic heterocycles. The predicted octanol–water partition coefficient (Wildman–Crippen LogP) is 7.29. The van der Waals surface area contributed by atoms with E-state index in [0.717, 1.165) is 37.8 Å². The third-order valence-electron chi connectivity index (χ3n) is 5.15. The van der Waals surface area contributed by atoms with Gasteiger partial charge < -0.3 is 4.74 Å². The summed E-state index contributed by atoms with van der Waals surface area (Å²) in [6, 6.07) is 5.14. The van der Waals surface area contributed by atoms with Crippen molar-refractivity contribution in [3.8, 4) is 5.75 Å². The normalized spacial score (nSPS) is 15.2. The molecule has 8 heteroatoms. The quantitative estimate of drug-likeness (QED) is 0.333. The molecule has 2 fully saturated rings. The Labute approximate surface area is 195 Å². The molecule has 2 aromatic carbocycles. The fraction of sp³-hybridized carbons (Fsp3) is 0.391. The largest absolute Gasteiger partial charge is 0.496 e. The van der Waals surface area contributed by atoms with Gasteiger partial charge in [0, 0.05) is 21.8 Å². The maximum absolute atomic E-state index is 13.7. The summed E-state index contributed by atoms with van der Waals surface area (Å²) < 4.78 is 46.3. The molecular formula is C23H21Br2F3O3. The number of benzene rings is 2. The van der Waals surface area contributed by atoms with Crippen LogP contribution in [0.3, 0.4) is 0 Å². The molecule has 2 saturated carbocycles. The first-order valence-electron chi connectivity index (χ1n) is 9.93. The Hall–Kier alpha value is -1.67. The van der Waals surface area contributed by atoms with Crippen molar-refractivity contribution < 1.29 is 27.5 Å². The molecule has 3 nitrogen and oxygen atoms in total. The van der Waals surface area contributed by atoms with Gasteiger partial charge in [0.25, 0.3) is 0 Å². The molecule has 0 unspecified atom stereocenters. The molecule has 0 spiro atoms. The highest BCUT2D eigenvalue weighted by atomic mass is 79.9. The lowest BCUT2D eigenvalue weighted by Gasteiger charge is -2.09. The van der Waals surface area contributed by atoms with E-state index in [4.69, 9.17) is 4.74 Å². The van der Waals surface area contributed by atoms with Crippen LogP contribution in [-0.2, 0) is 0 Å². The van der Waals surface area contributed by atoms with E-state index in [1.165, 1.54) is 13.2 Å². The fourth-order valence-corrected chi connectivity index (χ4v) is 3.97. The molecule has 0 amide bonds. The topological polar surface area (TPSA) is 43.4 Å². The average molecular weight is 562 g/mol. The van der Waals surface area contributed by atoms with E-state index in [2.05, 4.69) is 31.9 Å². The molecule has 4 rings (SSSR count). The maximum Gasteiger partial charge on any atom is 0.169 e. The third-order valence-corrected chi connectivity index (χ3v) is 6.06. The molecule has 2 aromatic rings. The van der Waals surface area contributed by atoms with Crippen molar-refractivity contribution in [1.82, 2.24) is 0 Å². The van der Waals surface area contributed by atoms with Gasteiger partial charge in [-0.25, -0.2) is 13.2 Å². The first kappa shape index (κ1) is 24.0. The van der Waals surface area contributed by atoms with Gasteiger partial charge in [-0.15, -0.1) is 0 Å². The molecular weight excluding hydrogens is 541 g/mol. The highest BCUT2D eigenvalue weighted by Gasteiger charge is 2.29. The zero-order chi connectivity index (χ0) is 22.7. The number of methoxy groups -OCH3 is 1. The summed E-state index contributed by atoms with van der Waals surface area (Å²) in [7, 11) is 1.44. The van der Waals surface area contributed by atoms with E-state index in [1.54, 1.807) is 6.07 Å². The SMILES string of the molecule is COc1cc(Br)cc(F)c1C(=O)CC1CC1.O=C(CC1CC1)c1c(F)cc(Br)cc1F. The van der Waals surface area contributed by atoms with Crippen molar-refractivity contribution >= 4 is 43.4 Å². The molecule has 0 saturated heterocycles. The first-order chi connectivity index (χ1) is 14.7. The number of ketones is 2. The number of carbonyl (C=O) groups excluding carboxylic acids is 2. The minimum absolute atomic E-state index is 0.0811. The fourth-order valence-electron chi connectivity index (χ4n) is 3.16. The molecule has 0 atom stereocenters. The van der Waals surface area contributed by atoms with E-state index in [9.17, 15) is 22.8 Å². The lowest BCUT2D eigenvalue weighted by molar-refractivity contribution is 0.0959. The van der Waals surface area contributed by atoms with Gasteiger partial charge in [-0.1, -0.05) is 31.9 Å². The van der Waals surface area contributed by atoms with Crippen molar-refractivity contribution in [2.75, 3.05) is 7.11 Å². The minimum atomic E-state index is -0.785. The van der Waals surface area contributed by atoms with Gasteiger partial charge in [-0.2, -0.15) is 0 Å². The minimum Gasteiger partial charge on any atom is -0.496 e. The van der Waals surface area contributed by atoms with Gasteiger partial charge in [0.15, 0.2) is 11.6 Å². The summed E-state index contributed by atoms with van der Waals surface area (Å²) in [6.45, 7) is 0. The van der Waals surface area contributed by atoms with E-state index in [-0.39, 0.29) is 17.8 Å². The Morgan fingerprint density at radius 2 is 1.19 bits per heavy atom. The van der Waals surface area contributed by atoms with Crippen LogP contribution in [0.2, 0.25) is 0 Å². The van der Waals surface area contributed by atoms with Crippen molar-refractivity contribution in [2.24, 2.45) is 11.8 Å². The molecule has 0 aromatic heterocycles. The van der Waals surface area contributed by atoms with Crippen LogP contribution in [0.15, 0.2) is 33.2 Å². The van der Waals surface area contributed by atoms with Crippen LogP contribution in [0, 0.1) is 29.3 Å². The monoisotopic (exact) mass is 560 g/mol. The number of carbonyl (C=O) groups is 2. The standard InChI is InChI=1S/C12H12BrFO2.C11H9BrF2O/c1-16-11-6-8(13)5-9(14)12(11)10(15)4-7-2-3-7;12-7-4-8(13)11(9(14)5-7)10(15)3-6-1-2-6/h5-7H,2-4H2,1H3;4-6H,1-3H2. The molecule has 2 aliphatic carbocycles. The van der Waals surface area contributed by atoms with Gasteiger partial charge in [-0.3, -0.25) is 9.59 Å². The van der Waals surface area contributed by atoms with Gasteiger partial charge in [0.2, 0.25) is 0 Å². The molecule has 0 radical (unpaired) electrons. The molecule has 0 N–H and O–H groups in total. The second-order valence-electron chi connectivity index (χ2n) is 7.85. The summed E-state index contributed by atoms with van der Waals surface area (Å²) in [6.07, 6.45) is 4.82. The molecule has 2 aliphatic rings. The Kier molecular flexibility index (Phi) is 7.97. The van der Waals surface area contributed by atoms with Crippen LogP contribution >= 0.6 is 31.9 Å². The lowest BCUT2D eigenvalue weighted by atomic mass is 10.0. The molecule has 0 bridgehead atoms. The highest BCUT2D eigenvalue weighted by Crippen LogP contribution is 2.36. The zero-order valence-corrected chi connectivity index (χ0v) is 20.0. The third kappa shape index (κ3) is 6.65. The zero-order valence-electron chi connectivity index (χ0n) is 16.8. The highest BCUT2D eigenvalue weighted by molar-refractivity contribution is 9.10. The number of Topliss-reactive ketones (excluding diaryl/α,β-unsaturated/α-hetero) is 2. The number of rotatable bonds is 7. The van der Waals surface area contributed by atoms with E-state index >= 15 is 0 Å². The number of hydrogen-bond donors (Lipinski definition) is 0. The van der Waals surface area contributed by atoms with Crippen LogP contribution < -0.4 is 4.74 Å². The van der Waals surface area contributed by atoms with Gasteiger partial charge in [0.1, 0.15) is 23.2 Å². The van der Waals surface area contributed by atoms with Crippen LogP contribution in [0.25, 0.3) is 0 Å².